The molecule has 0 amide bonds. The largest absolute Gasteiger partial charge is 0.345 e. The molecule has 2 N–H and O–H groups in total. The smallest absolute Gasteiger partial charge is 0.240 e. The Morgan fingerprint density at radius 2 is 2.40 bits per heavy atom. The van der Waals surface area contributed by atoms with Gasteiger partial charge in [-0.05, 0) is 18.6 Å². The topological polar surface area (TPSA) is 69.9 Å². The minimum absolute atomic E-state index is 0.279. The first-order valence-electron chi connectivity index (χ1n) is 5.03. The van der Waals surface area contributed by atoms with Gasteiger partial charge in [0.2, 0.25) is 11.7 Å². The predicted octanol–water partition coefficient (Wildman–Crippen LogP) is 1.41. The Kier molecular flexibility index (Phi) is 2.82. The van der Waals surface area contributed by atoms with Crippen LogP contribution < -0.4 is 5.73 Å². The monoisotopic (exact) mass is 206 g/mol. The number of hydrogen-bond acceptors (Lipinski definition) is 4. The number of nitrogens with two attached hydrogens (primary N) is 1. The van der Waals surface area contributed by atoms with Crippen LogP contribution in [0, 0.1) is 0 Å². The van der Waals surface area contributed by atoms with Crippen molar-refractivity contribution in [1.82, 2.24) is 14.7 Å². The standard InChI is InChI=1S/C10H14N4O/c1-2-5-14-6-3-4-8(14)10-12-9(7-11)15-13-10/h3-4,6H,2,5,7,11H2,1H3. The minimum atomic E-state index is 0.279. The molecule has 0 atom stereocenters. The summed E-state index contributed by atoms with van der Waals surface area (Å²) in [6.07, 6.45) is 3.08. The lowest BCUT2D eigenvalue weighted by atomic mass is 10.4. The summed E-state index contributed by atoms with van der Waals surface area (Å²) in [4.78, 5) is 4.19. The molecule has 0 radical (unpaired) electrons. The van der Waals surface area contributed by atoms with E-state index in [1.165, 1.54) is 0 Å². The van der Waals surface area contributed by atoms with E-state index in [1.54, 1.807) is 0 Å². The van der Waals surface area contributed by atoms with Crippen molar-refractivity contribution in [2.24, 2.45) is 5.73 Å². The summed E-state index contributed by atoms with van der Waals surface area (Å²) >= 11 is 0. The lowest BCUT2D eigenvalue weighted by Gasteiger charge is -2.02. The molecule has 0 bridgehead atoms. The second-order valence-corrected chi connectivity index (χ2v) is 3.30. The van der Waals surface area contributed by atoms with Crippen LogP contribution in [-0.2, 0) is 13.1 Å². The van der Waals surface area contributed by atoms with Crippen molar-refractivity contribution >= 4 is 0 Å². The van der Waals surface area contributed by atoms with Crippen molar-refractivity contribution in [3.8, 4) is 11.5 Å². The lowest BCUT2D eigenvalue weighted by Crippen LogP contribution is -1.99. The SMILES string of the molecule is CCCn1cccc1-c1noc(CN)n1. The zero-order chi connectivity index (χ0) is 10.7. The highest BCUT2D eigenvalue weighted by Crippen LogP contribution is 2.16. The molecule has 0 fully saturated rings. The van der Waals surface area contributed by atoms with Crippen LogP contribution in [-0.4, -0.2) is 14.7 Å². The highest BCUT2D eigenvalue weighted by molar-refractivity contribution is 5.49. The van der Waals surface area contributed by atoms with Crippen LogP contribution in [0.3, 0.4) is 0 Å². The molecular formula is C10H14N4O. The van der Waals surface area contributed by atoms with Crippen molar-refractivity contribution in [1.29, 1.82) is 0 Å². The maximum atomic E-state index is 5.41. The summed E-state index contributed by atoms with van der Waals surface area (Å²) < 4.78 is 7.07. The molecule has 0 aliphatic heterocycles. The Balaban J connectivity index is 2.31. The number of rotatable bonds is 4. The highest BCUT2D eigenvalue weighted by atomic mass is 16.5. The summed E-state index contributed by atoms with van der Waals surface area (Å²) in [7, 11) is 0. The molecule has 0 aromatic carbocycles. The van der Waals surface area contributed by atoms with Crippen molar-refractivity contribution in [3.63, 3.8) is 0 Å². The van der Waals surface area contributed by atoms with E-state index in [1.807, 2.05) is 18.3 Å². The molecule has 0 aliphatic rings. The molecule has 80 valence electrons. The molecule has 2 aromatic heterocycles. The summed E-state index contributed by atoms with van der Waals surface area (Å²) in [5.41, 5.74) is 6.38. The Morgan fingerprint density at radius 3 is 3.07 bits per heavy atom. The summed E-state index contributed by atoms with van der Waals surface area (Å²) in [6, 6.07) is 3.95. The molecule has 2 rings (SSSR count). The number of aromatic nitrogens is 3. The van der Waals surface area contributed by atoms with Gasteiger partial charge in [-0.1, -0.05) is 12.1 Å². The van der Waals surface area contributed by atoms with E-state index in [-0.39, 0.29) is 6.54 Å². The normalized spacial score (nSPS) is 10.8. The molecule has 5 heteroatoms. The van der Waals surface area contributed by atoms with Crippen LogP contribution in [0.2, 0.25) is 0 Å². The van der Waals surface area contributed by atoms with Crippen LogP contribution in [0.5, 0.6) is 0 Å². The van der Waals surface area contributed by atoms with E-state index in [0.29, 0.717) is 11.7 Å². The zero-order valence-corrected chi connectivity index (χ0v) is 8.68. The molecule has 2 heterocycles. The van der Waals surface area contributed by atoms with Crippen molar-refractivity contribution in [2.75, 3.05) is 0 Å². The number of hydrogen-bond donors (Lipinski definition) is 1. The lowest BCUT2D eigenvalue weighted by molar-refractivity contribution is 0.380. The fourth-order valence-electron chi connectivity index (χ4n) is 1.49. The van der Waals surface area contributed by atoms with Crippen molar-refractivity contribution < 1.29 is 4.52 Å². The Labute approximate surface area is 87.9 Å². The van der Waals surface area contributed by atoms with Crippen molar-refractivity contribution in [3.05, 3.63) is 24.2 Å². The van der Waals surface area contributed by atoms with Crippen LogP contribution in [0.1, 0.15) is 19.2 Å². The molecule has 0 saturated heterocycles. The second-order valence-electron chi connectivity index (χ2n) is 3.30. The van der Waals surface area contributed by atoms with E-state index in [0.717, 1.165) is 18.7 Å². The first kappa shape index (κ1) is 9.92. The Morgan fingerprint density at radius 1 is 1.53 bits per heavy atom. The third-order valence-corrected chi connectivity index (χ3v) is 2.17. The van der Waals surface area contributed by atoms with Crippen LogP contribution in [0.15, 0.2) is 22.9 Å². The van der Waals surface area contributed by atoms with Gasteiger partial charge in [0.25, 0.3) is 0 Å². The van der Waals surface area contributed by atoms with E-state index in [9.17, 15) is 0 Å². The average Bonchev–Trinajstić information content (AvgIpc) is 2.85. The Hall–Kier alpha value is -1.62. The summed E-state index contributed by atoms with van der Waals surface area (Å²) in [5.74, 6) is 1.07. The van der Waals surface area contributed by atoms with Crippen LogP contribution in [0.25, 0.3) is 11.5 Å². The van der Waals surface area contributed by atoms with Gasteiger partial charge in [-0.2, -0.15) is 4.98 Å². The number of aryl methyl sites for hydroxylation is 1. The van der Waals surface area contributed by atoms with E-state index < -0.39 is 0 Å². The van der Waals surface area contributed by atoms with Gasteiger partial charge in [-0.25, -0.2) is 0 Å². The molecule has 0 unspecified atom stereocenters. The molecule has 2 aromatic rings. The third-order valence-electron chi connectivity index (χ3n) is 2.17. The van der Waals surface area contributed by atoms with E-state index >= 15 is 0 Å². The van der Waals surface area contributed by atoms with Gasteiger partial charge in [-0.15, -0.1) is 0 Å². The maximum Gasteiger partial charge on any atom is 0.240 e. The second kappa shape index (κ2) is 4.27. The average molecular weight is 206 g/mol. The van der Waals surface area contributed by atoms with Gasteiger partial charge in [0.05, 0.1) is 12.2 Å². The molecule has 0 spiro atoms. The molecule has 0 aliphatic carbocycles. The third kappa shape index (κ3) is 1.92. The zero-order valence-electron chi connectivity index (χ0n) is 8.68. The molecule has 0 saturated carbocycles. The summed E-state index contributed by atoms with van der Waals surface area (Å²) in [5, 5.41) is 3.89. The fraction of sp³-hybridized carbons (Fsp3) is 0.400. The molecular weight excluding hydrogens is 192 g/mol. The van der Waals surface area contributed by atoms with Gasteiger partial charge in [-0.3, -0.25) is 0 Å². The highest BCUT2D eigenvalue weighted by Gasteiger charge is 2.10. The quantitative estimate of drug-likeness (QED) is 0.821. The number of nitrogens with zero attached hydrogens (tertiary/aromatic N) is 3. The maximum absolute atomic E-state index is 5.41. The van der Waals surface area contributed by atoms with Crippen LogP contribution in [0.4, 0.5) is 0 Å². The van der Waals surface area contributed by atoms with Gasteiger partial charge >= 0.3 is 0 Å². The molecule has 15 heavy (non-hydrogen) atoms. The van der Waals surface area contributed by atoms with E-state index in [2.05, 4.69) is 21.6 Å². The van der Waals surface area contributed by atoms with Crippen molar-refractivity contribution in [2.45, 2.75) is 26.4 Å². The predicted molar refractivity (Wildman–Crippen MR) is 55.9 cm³/mol. The first-order valence-corrected chi connectivity index (χ1v) is 5.03. The Bertz CT molecular complexity index is 432. The van der Waals surface area contributed by atoms with Gasteiger partial charge in [0.1, 0.15) is 0 Å². The molecule has 5 nitrogen and oxygen atoms in total. The minimum Gasteiger partial charge on any atom is -0.345 e. The van der Waals surface area contributed by atoms with Gasteiger partial charge in [0.15, 0.2) is 0 Å². The van der Waals surface area contributed by atoms with E-state index in [4.69, 9.17) is 10.3 Å². The van der Waals surface area contributed by atoms with Gasteiger partial charge < -0.3 is 14.8 Å². The fourth-order valence-corrected chi connectivity index (χ4v) is 1.49. The summed E-state index contributed by atoms with van der Waals surface area (Å²) in [6.45, 7) is 3.36. The first-order chi connectivity index (χ1) is 7.35. The van der Waals surface area contributed by atoms with Crippen LogP contribution >= 0.6 is 0 Å². The van der Waals surface area contributed by atoms with Gasteiger partial charge in [0, 0.05) is 12.7 Å².